The van der Waals surface area contributed by atoms with Gasteiger partial charge in [0.05, 0.1) is 0 Å². The van der Waals surface area contributed by atoms with Crippen LogP contribution in [0.25, 0.3) is 0 Å². The summed E-state index contributed by atoms with van der Waals surface area (Å²) < 4.78 is 0. The van der Waals surface area contributed by atoms with Crippen molar-refractivity contribution in [2.24, 2.45) is 5.41 Å². The van der Waals surface area contributed by atoms with Crippen LogP contribution in [0, 0.1) is 5.41 Å². The zero-order chi connectivity index (χ0) is 5.91. The molecule has 0 aromatic heterocycles. The minimum atomic E-state index is 0. The van der Waals surface area contributed by atoms with Gasteiger partial charge in [-0.1, -0.05) is 20.8 Å². The van der Waals surface area contributed by atoms with Crippen molar-refractivity contribution in [2.75, 3.05) is 6.61 Å². The maximum Gasteiger partial charge on any atom is 0.316 e. The van der Waals surface area contributed by atoms with E-state index in [4.69, 9.17) is 5.11 Å². The first kappa shape index (κ1) is 16.8. The maximum atomic E-state index is 8.40. The Labute approximate surface area is 90.8 Å². The fourth-order valence-electron chi connectivity index (χ4n) is 0.335. The number of hydrogen-bond donors (Lipinski definition) is 1. The molecule has 0 fully saturated rings. The van der Waals surface area contributed by atoms with Crippen molar-refractivity contribution >= 4 is 47.0 Å². The molecular weight excluding hydrogens is 239 g/mol. The van der Waals surface area contributed by atoms with Gasteiger partial charge in [0.25, 0.3) is 0 Å². The van der Waals surface area contributed by atoms with Gasteiger partial charge >= 0.3 is 23.1 Å². The van der Waals surface area contributed by atoms with Gasteiger partial charge in [-0.2, -0.15) is 0 Å². The van der Waals surface area contributed by atoms with E-state index in [1.807, 2.05) is 0 Å². The molecule has 1 N–H and O–H groups in total. The maximum absolute atomic E-state index is 8.40. The van der Waals surface area contributed by atoms with Crippen LogP contribution in [0.2, 0.25) is 0 Å². The summed E-state index contributed by atoms with van der Waals surface area (Å²) in [5.74, 6) is 0. The van der Waals surface area contributed by atoms with Crippen molar-refractivity contribution in [3.05, 3.63) is 0 Å². The van der Waals surface area contributed by atoms with Crippen LogP contribution in [0.5, 0.6) is 0 Å². The highest BCUT2D eigenvalue weighted by Gasteiger charge is 2.06. The molecule has 0 bridgehead atoms. The lowest BCUT2D eigenvalue weighted by atomic mass is 9.93. The molecule has 0 aromatic carbocycles. The van der Waals surface area contributed by atoms with Crippen molar-refractivity contribution in [3.8, 4) is 0 Å². The Hall–Kier alpha value is 1.46. The van der Waals surface area contributed by atoms with E-state index < -0.39 is 0 Å². The van der Waals surface area contributed by atoms with E-state index in [0.29, 0.717) is 12.0 Å². The Morgan fingerprint density at radius 3 is 1.56 bits per heavy atom. The molecule has 0 heterocycles. The second-order valence-corrected chi connectivity index (χ2v) is 3.03. The first-order valence-corrected chi connectivity index (χ1v) is 2.67. The van der Waals surface area contributed by atoms with E-state index in [0.717, 1.165) is 6.42 Å². The summed E-state index contributed by atoms with van der Waals surface area (Å²) in [5, 5.41) is 8.40. The number of halogens is 1. The molecule has 0 rings (SSSR count). The summed E-state index contributed by atoms with van der Waals surface area (Å²) in [6.45, 7) is 6.65. The minimum absolute atomic E-state index is 0. The van der Waals surface area contributed by atoms with Crippen molar-refractivity contribution in [2.45, 2.75) is 27.2 Å². The summed E-state index contributed by atoms with van der Waals surface area (Å²) in [6.07, 6.45) is 0.896. The van der Waals surface area contributed by atoms with Crippen molar-refractivity contribution < 1.29 is 5.11 Å². The van der Waals surface area contributed by atoms with Gasteiger partial charge in [-0.05, 0) is 11.8 Å². The van der Waals surface area contributed by atoms with E-state index in [9.17, 15) is 0 Å². The van der Waals surface area contributed by atoms with Gasteiger partial charge in [-0.25, -0.2) is 0 Å². The largest absolute Gasteiger partial charge is 0.396 e. The topological polar surface area (TPSA) is 20.2 Å². The van der Waals surface area contributed by atoms with Gasteiger partial charge in [-0.3, -0.25) is 0 Å². The fourth-order valence-corrected chi connectivity index (χ4v) is 0.335. The number of rotatable bonds is 1. The Morgan fingerprint density at radius 2 is 1.56 bits per heavy atom. The van der Waals surface area contributed by atoms with E-state index in [-0.39, 0.29) is 47.0 Å². The zero-order valence-corrected chi connectivity index (χ0v) is 8.10. The monoisotopic (exact) mass is 256 g/mol. The highest BCUT2D eigenvalue weighted by atomic mass is 127. The van der Waals surface area contributed by atoms with Gasteiger partial charge in [0.1, 0.15) is 0 Å². The van der Waals surface area contributed by atoms with Crippen molar-refractivity contribution in [3.63, 3.8) is 0 Å². The molecule has 9 heavy (non-hydrogen) atoms. The van der Waals surface area contributed by atoms with Crippen LogP contribution in [-0.4, -0.2) is 34.8 Å². The molecule has 0 aliphatic carbocycles. The van der Waals surface area contributed by atoms with Gasteiger partial charge < -0.3 is 5.11 Å². The number of aliphatic hydroxyl groups excluding tert-OH is 1. The summed E-state index contributed by atoms with van der Waals surface area (Å²) in [4.78, 5) is 0. The smallest absolute Gasteiger partial charge is 0.316 e. The lowest BCUT2D eigenvalue weighted by molar-refractivity contribution is 0.225. The molecule has 0 saturated carbocycles. The van der Waals surface area contributed by atoms with Gasteiger partial charge in [0, 0.05) is 6.61 Å². The number of hydrogen-bond acceptors (Lipinski definition) is 1. The third-order valence-corrected chi connectivity index (χ3v) is 0.862. The lowest BCUT2D eigenvalue weighted by Crippen LogP contribution is -2.06. The highest BCUT2D eigenvalue weighted by Crippen LogP contribution is 2.16. The third kappa shape index (κ3) is 17.7. The quantitative estimate of drug-likeness (QED) is 0.550. The first-order chi connectivity index (χ1) is 3.06. The summed E-state index contributed by atoms with van der Waals surface area (Å²) in [7, 11) is 0. The Balaban J connectivity index is -0.000000180. The van der Waals surface area contributed by atoms with E-state index >= 15 is 0 Å². The summed E-state index contributed by atoms with van der Waals surface area (Å²) >= 11 is 0. The van der Waals surface area contributed by atoms with Crippen molar-refractivity contribution in [1.29, 1.82) is 0 Å². The first-order valence-electron chi connectivity index (χ1n) is 2.67. The molecule has 0 unspecified atom stereocenters. The lowest BCUT2D eigenvalue weighted by Gasteiger charge is -2.14. The Bertz CT molecular complexity index is 51.5. The average molecular weight is 256 g/mol. The van der Waals surface area contributed by atoms with E-state index in [1.54, 1.807) is 0 Å². The fraction of sp³-hybridized carbons (Fsp3) is 1.00. The second-order valence-electron chi connectivity index (χ2n) is 3.03. The normalized spacial score (nSPS) is 9.33. The average Bonchev–Trinajstić information content (AvgIpc) is 1.30. The van der Waals surface area contributed by atoms with Gasteiger partial charge in [0.2, 0.25) is 0 Å². The highest BCUT2D eigenvalue weighted by molar-refractivity contribution is 14.0. The third-order valence-electron chi connectivity index (χ3n) is 0.862. The molecule has 0 aliphatic heterocycles. The van der Waals surface area contributed by atoms with Gasteiger partial charge in [0.15, 0.2) is 0 Å². The van der Waals surface area contributed by atoms with Crippen LogP contribution >= 0.6 is 24.0 Å². The summed E-state index contributed by atoms with van der Waals surface area (Å²) in [6, 6.07) is 0. The van der Waals surface area contributed by atoms with E-state index in [1.165, 1.54) is 0 Å². The molecule has 0 radical (unpaired) electrons. The van der Waals surface area contributed by atoms with Crippen LogP contribution in [0.1, 0.15) is 27.2 Å². The molecule has 3 heteroatoms. The molecule has 0 aliphatic rings. The molecule has 0 spiro atoms. The van der Waals surface area contributed by atoms with Crippen molar-refractivity contribution in [1.82, 2.24) is 0 Å². The molecule has 1 nitrogen and oxygen atoms in total. The Morgan fingerprint density at radius 1 is 1.22 bits per heavy atom. The SMILES string of the molecule is CC(C)(C)CCO.I.[MgH2]. The van der Waals surface area contributed by atoms with Crippen LogP contribution in [-0.2, 0) is 0 Å². The molecule has 0 atom stereocenters. The summed E-state index contributed by atoms with van der Waals surface area (Å²) in [5.41, 5.74) is 0.300. The molecule has 0 aromatic rings. The molecule has 0 saturated heterocycles. The minimum Gasteiger partial charge on any atom is -0.396 e. The van der Waals surface area contributed by atoms with Crippen LogP contribution in [0.15, 0.2) is 0 Å². The van der Waals surface area contributed by atoms with E-state index in [2.05, 4.69) is 20.8 Å². The second kappa shape index (κ2) is 7.56. The molecular formula is C6H17IMgO. The molecule has 0 amide bonds. The standard InChI is InChI=1S/C6H14O.HI.Mg.2H/c1-6(2,3)4-5-7;;;;/h7H,4-5H2,1-3H3;1H;;;. The van der Waals surface area contributed by atoms with Crippen LogP contribution in [0.4, 0.5) is 0 Å². The Kier molecular flexibility index (Phi) is 14.1. The molecule has 56 valence electrons. The zero-order valence-electron chi connectivity index (χ0n) is 5.77. The van der Waals surface area contributed by atoms with Crippen LogP contribution < -0.4 is 0 Å². The van der Waals surface area contributed by atoms with Gasteiger partial charge in [-0.15, -0.1) is 24.0 Å². The predicted octanol–water partition coefficient (Wildman–Crippen LogP) is 1.12. The number of aliphatic hydroxyl groups is 1. The predicted molar refractivity (Wildman–Crippen MR) is 55.1 cm³/mol. The van der Waals surface area contributed by atoms with Crippen LogP contribution in [0.3, 0.4) is 0 Å².